The van der Waals surface area contributed by atoms with E-state index in [1.165, 1.54) is 11.1 Å². The fourth-order valence-electron chi connectivity index (χ4n) is 1.68. The van der Waals surface area contributed by atoms with Crippen LogP contribution >= 0.6 is 11.6 Å². The number of aryl methyl sites for hydroxylation is 2. The lowest BCUT2D eigenvalue weighted by atomic mass is 10.1. The van der Waals surface area contributed by atoms with Gasteiger partial charge in [-0.15, -0.1) is 0 Å². The van der Waals surface area contributed by atoms with Gasteiger partial charge in [0.1, 0.15) is 0 Å². The molecule has 2 aromatic rings. The van der Waals surface area contributed by atoms with Gasteiger partial charge in [0.2, 0.25) is 0 Å². The van der Waals surface area contributed by atoms with Crippen molar-refractivity contribution >= 4 is 17.3 Å². The number of benzene rings is 1. The smallest absolute Gasteiger partial charge is 0.152 e. The minimum atomic E-state index is 0.518. The van der Waals surface area contributed by atoms with Crippen LogP contribution in [0.3, 0.4) is 0 Å². The van der Waals surface area contributed by atoms with Gasteiger partial charge in [0, 0.05) is 12.7 Å². The van der Waals surface area contributed by atoms with Crippen molar-refractivity contribution in [3.05, 3.63) is 58.4 Å². The van der Waals surface area contributed by atoms with Gasteiger partial charge in [-0.3, -0.25) is 0 Å². The number of hydrogen-bond acceptors (Lipinski definition) is 2. The van der Waals surface area contributed by atoms with E-state index < -0.39 is 0 Å². The number of nitrogens with zero attached hydrogens (tertiary/aromatic N) is 1. The summed E-state index contributed by atoms with van der Waals surface area (Å²) in [4.78, 5) is 4.12. The van der Waals surface area contributed by atoms with Gasteiger partial charge >= 0.3 is 0 Å². The molecule has 0 fully saturated rings. The molecule has 1 aromatic heterocycles. The van der Waals surface area contributed by atoms with Crippen LogP contribution in [0.25, 0.3) is 0 Å². The summed E-state index contributed by atoms with van der Waals surface area (Å²) in [5.41, 5.74) is 4.53. The molecule has 2 nitrogen and oxygen atoms in total. The maximum absolute atomic E-state index is 6.03. The van der Waals surface area contributed by atoms with Crippen molar-refractivity contribution in [3.8, 4) is 0 Å². The Balaban J connectivity index is 2.12. The summed E-state index contributed by atoms with van der Waals surface area (Å²) in [5.74, 6) is 0. The predicted octanol–water partition coefficient (Wildman–Crippen LogP) is 3.96. The van der Waals surface area contributed by atoms with Gasteiger partial charge in [0.15, 0.2) is 5.15 Å². The molecular formula is C14H15ClN2. The number of anilines is 1. The largest absolute Gasteiger partial charge is 0.378 e. The molecule has 0 aliphatic carbocycles. The van der Waals surface area contributed by atoms with Crippen molar-refractivity contribution < 1.29 is 0 Å². The van der Waals surface area contributed by atoms with Crippen molar-refractivity contribution in [2.24, 2.45) is 0 Å². The van der Waals surface area contributed by atoms with E-state index in [1.54, 1.807) is 6.20 Å². The summed E-state index contributed by atoms with van der Waals surface area (Å²) in [6, 6.07) is 10.3. The highest BCUT2D eigenvalue weighted by atomic mass is 35.5. The monoisotopic (exact) mass is 246 g/mol. The first-order chi connectivity index (χ1) is 8.16. The lowest BCUT2D eigenvalue weighted by molar-refractivity contribution is 1.11. The molecule has 0 spiro atoms. The maximum Gasteiger partial charge on any atom is 0.152 e. The maximum atomic E-state index is 6.03. The van der Waals surface area contributed by atoms with Crippen molar-refractivity contribution in [1.82, 2.24) is 4.98 Å². The van der Waals surface area contributed by atoms with Crippen LogP contribution in [0, 0.1) is 13.8 Å². The Labute approximate surface area is 107 Å². The van der Waals surface area contributed by atoms with Crippen LogP contribution in [-0.2, 0) is 6.54 Å². The van der Waals surface area contributed by atoms with E-state index >= 15 is 0 Å². The first-order valence-electron chi connectivity index (χ1n) is 5.57. The molecule has 0 aliphatic rings. The molecule has 3 heteroatoms. The molecule has 0 saturated heterocycles. The standard InChI is InChI=1S/C14H15ClN2/c1-10-7-13(14(15)17-8-10)16-9-12-6-4-3-5-11(12)2/h3-8,16H,9H2,1-2H3. The highest BCUT2D eigenvalue weighted by Crippen LogP contribution is 2.21. The van der Waals surface area contributed by atoms with Crippen molar-refractivity contribution in [2.75, 3.05) is 5.32 Å². The second kappa shape index (κ2) is 5.19. The van der Waals surface area contributed by atoms with Gasteiger partial charge < -0.3 is 5.32 Å². The average molecular weight is 247 g/mol. The van der Waals surface area contributed by atoms with Gasteiger partial charge in [-0.1, -0.05) is 35.9 Å². The van der Waals surface area contributed by atoms with Crippen LogP contribution in [0.5, 0.6) is 0 Å². The zero-order valence-electron chi connectivity index (χ0n) is 10.00. The molecule has 1 N–H and O–H groups in total. The highest BCUT2D eigenvalue weighted by Gasteiger charge is 2.02. The summed E-state index contributed by atoms with van der Waals surface area (Å²) in [5, 5.41) is 3.83. The molecule has 0 amide bonds. The number of hydrogen-bond donors (Lipinski definition) is 1. The van der Waals surface area contributed by atoms with Gasteiger partial charge in [0.25, 0.3) is 0 Å². The lowest BCUT2D eigenvalue weighted by Crippen LogP contribution is -2.02. The van der Waals surface area contributed by atoms with E-state index in [0.717, 1.165) is 17.8 Å². The Morgan fingerprint density at radius 1 is 1.24 bits per heavy atom. The topological polar surface area (TPSA) is 24.9 Å². The second-order valence-corrected chi connectivity index (χ2v) is 4.49. The molecule has 0 saturated carbocycles. The Hall–Kier alpha value is -1.54. The van der Waals surface area contributed by atoms with E-state index in [1.807, 2.05) is 25.1 Å². The summed E-state index contributed by atoms with van der Waals surface area (Å²) in [6.45, 7) is 4.87. The SMILES string of the molecule is Cc1cnc(Cl)c(NCc2ccccc2C)c1. The second-order valence-electron chi connectivity index (χ2n) is 4.13. The van der Waals surface area contributed by atoms with Crippen LogP contribution in [0.4, 0.5) is 5.69 Å². The van der Waals surface area contributed by atoms with Crippen LogP contribution < -0.4 is 5.32 Å². The first-order valence-corrected chi connectivity index (χ1v) is 5.95. The number of pyridine rings is 1. The van der Waals surface area contributed by atoms with Gasteiger partial charge in [0.05, 0.1) is 5.69 Å². The van der Waals surface area contributed by atoms with Crippen molar-refractivity contribution in [1.29, 1.82) is 0 Å². The molecule has 0 aliphatic heterocycles. The first kappa shape index (κ1) is 11.9. The summed E-state index contributed by atoms with van der Waals surface area (Å²) < 4.78 is 0. The Kier molecular flexibility index (Phi) is 3.64. The van der Waals surface area contributed by atoms with Crippen LogP contribution in [-0.4, -0.2) is 4.98 Å². The normalized spacial score (nSPS) is 10.3. The molecule has 17 heavy (non-hydrogen) atoms. The number of rotatable bonds is 3. The summed E-state index contributed by atoms with van der Waals surface area (Å²) in [7, 11) is 0. The molecular weight excluding hydrogens is 232 g/mol. The minimum absolute atomic E-state index is 0.518. The van der Waals surface area contributed by atoms with Crippen molar-refractivity contribution in [2.45, 2.75) is 20.4 Å². The quantitative estimate of drug-likeness (QED) is 0.829. The third kappa shape index (κ3) is 2.98. The summed E-state index contributed by atoms with van der Waals surface area (Å²) >= 11 is 6.03. The van der Waals surface area contributed by atoms with Gasteiger partial charge in [-0.2, -0.15) is 0 Å². The van der Waals surface area contributed by atoms with E-state index in [2.05, 4.69) is 29.4 Å². The highest BCUT2D eigenvalue weighted by molar-refractivity contribution is 6.31. The lowest BCUT2D eigenvalue weighted by Gasteiger charge is -2.10. The fraction of sp³-hybridized carbons (Fsp3) is 0.214. The molecule has 88 valence electrons. The third-order valence-corrected chi connectivity index (χ3v) is 3.01. The predicted molar refractivity (Wildman–Crippen MR) is 72.5 cm³/mol. The molecule has 0 radical (unpaired) electrons. The number of halogens is 1. The molecule has 0 bridgehead atoms. The van der Waals surface area contributed by atoms with E-state index in [0.29, 0.717) is 5.15 Å². The third-order valence-electron chi connectivity index (χ3n) is 2.71. The molecule has 0 unspecified atom stereocenters. The van der Waals surface area contributed by atoms with Crippen LogP contribution in [0.2, 0.25) is 5.15 Å². The van der Waals surface area contributed by atoms with E-state index in [9.17, 15) is 0 Å². The average Bonchev–Trinajstić information content (AvgIpc) is 2.32. The zero-order valence-corrected chi connectivity index (χ0v) is 10.8. The summed E-state index contributed by atoms with van der Waals surface area (Å²) in [6.07, 6.45) is 1.77. The Bertz CT molecular complexity index is 523. The Morgan fingerprint density at radius 3 is 2.76 bits per heavy atom. The number of aromatic nitrogens is 1. The Morgan fingerprint density at radius 2 is 2.00 bits per heavy atom. The van der Waals surface area contributed by atoms with Crippen molar-refractivity contribution in [3.63, 3.8) is 0 Å². The molecule has 2 rings (SSSR count). The number of nitrogens with one attached hydrogen (secondary N) is 1. The fourth-order valence-corrected chi connectivity index (χ4v) is 1.85. The van der Waals surface area contributed by atoms with Crippen LogP contribution in [0.15, 0.2) is 36.5 Å². The minimum Gasteiger partial charge on any atom is -0.378 e. The van der Waals surface area contributed by atoms with Crippen LogP contribution in [0.1, 0.15) is 16.7 Å². The van der Waals surface area contributed by atoms with Gasteiger partial charge in [-0.25, -0.2) is 4.98 Å². The molecule has 1 heterocycles. The molecule has 1 aromatic carbocycles. The van der Waals surface area contributed by atoms with E-state index in [-0.39, 0.29) is 0 Å². The van der Waals surface area contributed by atoms with E-state index in [4.69, 9.17) is 11.6 Å². The molecule has 0 atom stereocenters. The zero-order chi connectivity index (χ0) is 12.3. The van der Waals surface area contributed by atoms with Gasteiger partial charge in [-0.05, 0) is 36.6 Å².